The first kappa shape index (κ1) is 89.5. The van der Waals surface area contributed by atoms with Crippen LogP contribution in [0.1, 0.15) is 362 Å². The van der Waals surface area contributed by atoms with Crippen molar-refractivity contribution in [3.63, 3.8) is 0 Å². The Balaban J connectivity index is 5.13. The zero-order chi connectivity index (χ0) is 67.5. The summed E-state index contributed by atoms with van der Waals surface area (Å²) in [5, 5.41) is 10.6. The first-order valence-corrected chi connectivity index (χ1v) is 40.6. The number of rotatable bonds is 72. The molecule has 0 spiro atoms. The Morgan fingerprint density at radius 2 is 0.522 bits per heavy atom. The normalized spacial score (nSPS) is 14.1. The highest BCUT2D eigenvalue weighted by atomic mass is 31.2. The Morgan fingerprint density at radius 1 is 0.304 bits per heavy atom. The molecule has 542 valence electrons. The van der Waals surface area contributed by atoms with E-state index in [1.807, 2.05) is 0 Å². The van der Waals surface area contributed by atoms with Gasteiger partial charge >= 0.3 is 39.5 Å². The van der Waals surface area contributed by atoms with Crippen LogP contribution in [-0.4, -0.2) is 96.7 Å². The van der Waals surface area contributed by atoms with Crippen LogP contribution in [0.4, 0.5) is 0 Å². The fourth-order valence-corrected chi connectivity index (χ4v) is 12.3. The quantitative estimate of drug-likeness (QED) is 0.0169. The van der Waals surface area contributed by atoms with E-state index < -0.39 is 97.5 Å². The van der Waals surface area contributed by atoms with Crippen molar-refractivity contribution in [2.24, 2.45) is 0 Å². The van der Waals surface area contributed by atoms with Gasteiger partial charge in [-0.15, -0.1) is 0 Å². The summed E-state index contributed by atoms with van der Waals surface area (Å²) in [7, 11) is -9.90. The van der Waals surface area contributed by atoms with Gasteiger partial charge in [-0.25, -0.2) is 9.13 Å². The number of hydrogen-bond acceptors (Lipinski definition) is 15. The Hall–Kier alpha value is -2.46. The summed E-state index contributed by atoms with van der Waals surface area (Å²) in [5.41, 5.74) is 0. The van der Waals surface area contributed by atoms with Gasteiger partial charge in [0.1, 0.15) is 19.3 Å². The van der Waals surface area contributed by atoms with E-state index in [2.05, 4.69) is 52.0 Å². The minimum Gasteiger partial charge on any atom is -0.462 e. The average Bonchev–Trinajstić information content (AvgIpc) is 3.69. The first-order valence-electron chi connectivity index (χ1n) is 37.6. The van der Waals surface area contributed by atoms with Crippen LogP contribution in [0.25, 0.3) is 0 Å². The van der Waals surface area contributed by atoms with Gasteiger partial charge in [-0.1, -0.05) is 309 Å². The summed E-state index contributed by atoms with van der Waals surface area (Å²) in [5.74, 6) is -2.16. The highest BCUT2D eigenvalue weighted by Crippen LogP contribution is 2.45. The largest absolute Gasteiger partial charge is 0.472 e. The fraction of sp³-hybridized carbons (Fsp3) is 0.890. The zero-order valence-corrected chi connectivity index (χ0v) is 60.8. The molecule has 0 saturated heterocycles. The number of ether oxygens (including phenoxy) is 4. The molecule has 0 amide bonds. The standard InChI is InChI=1S/C73H138O17P2/c1-5-9-13-17-20-23-26-28-30-31-32-33-34-35-36-38-40-42-45-48-52-56-60-73(78)90-69(64-84-71(76)58-54-50-46-44-41-39-37-29-27-24-21-18-14-10-6-2)66-88-92(81,82)86-62-67(74)61-85-91(79,80)87-65-68(63-83-70(75)57-53-49-16-12-8-4)89-72(77)59-55-51-47-43-25-22-19-15-11-7-3/h24,27,29,37,67-69,74H,5-23,25-26,28,30-36,38-66H2,1-4H3,(H,79,80)(H,81,82)/b27-24-,37-29-/t67-,68+,69+/m0/s1. The molecule has 0 aromatic heterocycles. The molecule has 92 heavy (non-hydrogen) atoms. The van der Waals surface area contributed by atoms with Gasteiger partial charge in [0.15, 0.2) is 12.2 Å². The maximum Gasteiger partial charge on any atom is 0.472 e. The van der Waals surface area contributed by atoms with Crippen LogP contribution in [0.2, 0.25) is 0 Å². The van der Waals surface area contributed by atoms with Gasteiger partial charge in [0.25, 0.3) is 0 Å². The van der Waals surface area contributed by atoms with Crippen molar-refractivity contribution in [3.8, 4) is 0 Å². The number of aliphatic hydroxyl groups is 1. The molecule has 0 aromatic carbocycles. The van der Waals surface area contributed by atoms with Crippen LogP contribution in [0.3, 0.4) is 0 Å². The maximum atomic E-state index is 13.1. The molecule has 0 rings (SSSR count). The molecule has 0 aromatic rings. The van der Waals surface area contributed by atoms with E-state index in [0.717, 1.165) is 116 Å². The topological polar surface area (TPSA) is 237 Å². The van der Waals surface area contributed by atoms with Crippen molar-refractivity contribution in [2.75, 3.05) is 39.6 Å². The summed E-state index contributed by atoms with van der Waals surface area (Å²) in [4.78, 5) is 72.3. The number of phosphoric ester groups is 2. The molecule has 5 atom stereocenters. The summed E-state index contributed by atoms with van der Waals surface area (Å²) < 4.78 is 68.1. The highest BCUT2D eigenvalue weighted by Gasteiger charge is 2.30. The van der Waals surface area contributed by atoms with E-state index in [4.69, 9.17) is 37.0 Å². The molecular formula is C73H138O17P2. The molecule has 2 unspecified atom stereocenters. The van der Waals surface area contributed by atoms with Crippen LogP contribution < -0.4 is 0 Å². The van der Waals surface area contributed by atoms with Crippen molar-refractivity contribution in [3.05, 3.63) is 24.3 Å². The monoisotopic (exact) mass is 1350 g/mol. The van der Waals surface area contributed by atoms with Crippen LogP contribution >= 0.6 is 15.6 Å². The number of esters is 4. The van der Waals surface area contributed by atoms with E-state index in [1.165, 1.54) is 167 Å². The minimum atomic E-state index is -4.96. The summed E-state index contributed by atoms with van der Waals surface area (Å²) in [6, 6.07) is 0. The molecule has 0 radical (unpaired) electrons. The molecule has 0 aliphatic heterocycles. The third-order valence-corrected chi connectivity index (χ3v) is 18.4. The van der Waals surface area contributed by atoms with Crippen molar-refractivity contribution in [1.82, 2.24) is 0 Å². The van der Waals surface area contributed by atoms with Crippen LogP contribution in [0, 0.1) is 0 Å². The van der Waals surface area contributed by atoms with Crippen LogP contribution in [0.5, 0.6) is 0 Å². The first-order chi connectivity index (χ1) is 44.7. The third kappa shape index (κ3) is 66.2. The van der Waals surface area contributed by atoms with Crippen molar-refractivity contribution >= 4 is 39.5 Å². The number of unbranched alkanes of at least 4 members (excludes halogenated alkanes) is 43. The molecule has 0 saturated carbocycles. The summed E-state index contributed by atoms with van der Waals surface area (Å²) in [6.45, 7) is 4.79. The van der Waals surface area contributed by atoms with E-state index in [9.17, 15) is 43.2 Å². The zero-order valence-electron chi connectivity index (χ0n) is 59.0. The molecule has 19 heteroatoms. The van der Waals surface area contributed by atoms with Gasteiger partial charge in [0.2, 0.25) is 0 Å². The minimum absolute atomic E-state index is 0.102. The predicted octanol–water partition coefficient (Wildman–Crippen LogP) is 21.0. The Labute approximate surface area is 561 Å². The van der Waals surface area contributed by atoms with Gasteiger partial charge in [0, 0.05) is 25.7 Å². The molecule has 0 bridgehead atoms. The van der Waals surface area contributed by atoms with Crippen LogP contribution in [-0.2, 0) is 65.4 Å². The van der Waals surface area contributed by atoms with Crippen molar-refractivity contribution < 1.29 is 80.2 Å². The number of allylic oxidation sites excluding steroid dienone is 4. The third-order valence-electron chi connectivity index (χ3n) is 16.5. The van der Waals surface area contributed by atoms with E-state index in [-0.39, 0.29) is 25.7 Å². The molecule has 0 aliphatic rings. The average molecular weight is 1350 g/mol. The molecular weight excluding hydrogens is 1210 g/mol. The molecule has 3 N–H and O–H groups in total. The molecule has 0 heterocycles. The number of hydrogen-bond donors (Lipinski definition) is 3. The Kier molecular flexibility index (Phi) is 65.3. The second-order valence-electron chi connectivity index (χ2n) is 25.6. The van der Waals surface area contributed by atoms with Crippen molar-refractivity contribution in [1.29, 1.82) is 0 Å². The molecule has 0 aliphatic carbocycles. The SMILES string of the molecule is CCCCCC/C=C\C=C/CCCCCCCC(=O)OC[C@H](COP(=O)(O)OC[C@@H](O)COP(=O)(O)OC[C@@H](COC(=O)CCCCCCC)OC(=O)CCCCCCCCCCCC)OC(=O)CCCCCCCCCCCCCCCCCCCCCCCC. The van der Waals surface area contributed by atoms with Gasteiger partial charge in [-0.3, -0.25) is 37.3 Å². The van der Waals surface area contributed by atoms with E-state index >= 15 is 0 Å². The lowest BCUT2D eigenvalue weighted by molar-refractivity contribution is -0.161. The van der Waals surface area contributed by atoms with Gasteiger partial charge in [0.05, 0.1) is 26.4 Å². The van der Waals surface area contributed by atoms with Crippen LogP contribution in [0.15, 0.2) is 24.3 Å². The number of carbonyl (C=O) groups is 4. The highest BCUT2D eigenvalue weighted by molar-refractivity contribution is 7.47. The maximum absolute atomic E-state index is 13.1. The molecule has 17 nitrogen and oxygen atoms in total. The van der Waals surface area contributed by atoms with E-state index in [1.54, 1.807) is 0 Å². The summed E-state index contributed by atoms with van der Waals surface area (Å²) >= 11 is 0. The lowest BCUT2D eigenvalue weighted by atomic mass is 10.0. The second-order valence-corrected chi connectivity index (χ2v) is 28.6. The Morgan fingerprint density at radius 3 is 0.793 bits per heavy atom. The summed E-state index contributed by atoms with van der Waals surface area (Å²) in [6.07, 6.45) is 59.7. The number of phosphoric acid groups is 2. The van der Waals surface area contributed by atoms with Gasteiger partial charge in [-0.05, 0) is 51.4 Å². The lowest BCUT2D eigenvalue weighted by Gasteiger charge is -2.21. The second kappa shape index (κ2) is 67.1. The van der Waals surface area contributed by atoms with Gasteiger partial charge < -0.3 is 33.8 Å². The molecule has 0 fully saturated rings. The lowest BCUT2D eigenvalue weighted by Crippen LogP contribution is -2.30. The van der Waals surface area contributed by atoms with E-state index in [0.29, 0.717) is 25.7 Å². The predicted molar refractivity (Wildman–Crippen MR) is 372 cm³/mol. The number of carbonyl (C=O) groups excluding carboxylic acids is 4. The number of aliphatic hydroxyl groups excluding tert-OH is 1. The fourth-order valence-electron chi connectivity index (χ4n) is 10.7. The smallest absolute Gasteiger partial charge is 0.462 e. The Bertz CT molecular complexity index is 1850. The van der Waals surface area contributed by atoms with Crippen molar-refractivity contribution in [2.45, 2.75) is 380 Å². The van der Waals surface area contributed by atoms with Gasteiger partial charge in [-0.2, -0.15) is 0 Å².